The van der Waals surface area contributed by atoms with Crippen LogP contribution in [0.5, 0.6) is 0 Å². The molecule has 0 saturated heterocycles. The Balaban J connectivity index is 2.51. The van der Waals surface area contributed by atoms with E-state index in [4.69, 9.17) is 34.8 Å². The summed E-state index contributed by atoms with van der Waals surface area (Å²) in [6.45, 7) is 2.16. The van der Waals surface area contributed by atoms with Crippen LogP contribution in [0.3, 0.4) is 0 Å². The highest BCUT2D eigenvalue weighted by molar-refractivity contribution is 6.64. The lowest BCUT2D eigenvalue weighted by Crippen LogP contribution is -2.18. The van der Waals surface area contributed by atoms with Gasteiger partial charge >= 0.3 is 0 Å². The Bertz CT molecular complexity index is 294. The molecule has 0 atom stereocenters. The van der Waals surface area contributed by atoms with Crippen LogP contribution in [-0.2, 0) is 10.3 Å². The fourth-order valence-electron chi connectivity index (χ4n) is 1.27. The number of hydrogen-bond donors (Lipinski definition) is 0. The minimum atomic E-state index is -1.59. The summed E-state index contributed by atoms with van der Waals surface area (Å²) in [5.41, 5.74) is 0. The molecule has 0 aromatic carbocycles. The number of aryl methyl sites for hydroxylation is 1. The van der Waals surface area contributed by atoms with Gasteiger partial charge in [-0.3, -0.25) is 0 Å². The zero-order valence-corrected chi connectivity index (χ0v) is 10.7. The van der Waals surface area contributed by atoms with Gasteiger partial charge in [0, 0.05) is 6.42 Å². The van der Waals surface area contributed by atoms with Gasteiger partial charge in [0.05, 0.1) is 0 Å². The fraction of sp³-hybridized carbons (Fsp3) is 0.875. The maximum atomic E-state index is 5.70. The molecule has 0 amide bonds. The van der Waals surface area contributed by atoms with E-state index in [0.717, 1.165) is 19.3 Å². The van der Waals surface area contributed by atoms with Crippen molar-refractivity contribution in [1.82, 2.24) is 20.2 Å². The lowest BCUT2D eigenvalue weighted by atomic mass is 10.1. The van der Waals surface area contributed by atoms with Crippen molar-refractivity contribution in [3.8, 4) is 0 Å². The Morgan fingerprint density at radius 1 is 1.20 bits per heavy atom. The van der Waals surface area contributed by atoms with E-state index in [2.05, 4.69) is 22.4 Å². The molecule has 1 rings (SSSR count). The van der Waals surface area contributed by atoms with Crippen LogP contribution in [0.2, 0.25) is 0 Å². The summed E-state index contributed by atoms with van der Waals surface area (Å²) in [6, 6.07) is 0. The molecule has 0 aliphatic heterocycles. The van der Waals surface area contributed by atoms with E-state index < -0.39 is 3.92 Å². The lowest BCUT2D eigenvalue weighted by Gasteiger charge is -2.11. The van der Waals surface area contributed by atoms with E-state index in [0.29, 0.717) is 5.82 Å². The number of hydrogen-bond acceptors (Lipinski definition) is 3. The second kappa shape index (κ2) is 5.87. The molecule has 0 bridgehead atoms. The fourth-order valence-corrected chi connectivity index (χ4v) is 1.66. The first-order valence-corrected chi connectivity index (χ1v) is 6.03. The smallest absolute Gasteiger partial charge is 0.180 e. The molecule has 1 heterocycles. The molecule has 0 N–H and O–H groups in total. The summed E-state index contributed by atoms with van der Waals surface area (Å²) in [4.78, 5) is 0. The molecule has 0 aliphatic rings. The van der Waals surface area contributed by atoms with Gasteiger partial charge in [-0.2, -0.15) is 4.68 Å². The van der Waals surface area contributed by atoms with Gasteiger partial charge in [-0.15, -0.1) is 5.10 Å². The highest BCUT2D eigenvalue weighted by Gasteiger charge is 2.27. The third kappa shape index (κ3) is 4.13. The predicted octanol–water partition coefficient (Wildman–Crippen LogP) is 3.08. The van der Waals surface area contributed by atoms with Crippen LogP contribution in [0.25, 0.3) is 0 Å². The standard InChI is InChI=1S/C8H13Cl3N4/c1-2-3-4-5-6-7-12-13-14-15(7)8(9,10)11/h2-6H2,1H3. The van der Waals surface area contributed by atoms with E-state index in [-0.39, 0.29) is 0 Å². The van der Waals surface area contributed by atoms with E-state index in [9.17, 15) is 0 Å². The van der Waals surface area contributed by atoms with Gasteiger partial charge in [-0.1, -0.05) is 61.0 Å². The first-order valence-electron chi connectivity index (χ1n) is 4.90. The average molecular weight is 272 g/mol. The van der Waals surface area contributed by atoms with Gasteiger partial charge in [0.25, 0.3) is 3.92 Å². The highest BCUT2D eigenvalue weighted by Crippen LogP contribution is 2.32. The quantitative estimate of drug-likeness (QED) is 0.610. The molecule has 1 aromatic heterocycles. The largest absolute Gasteiger partial charge is 0.289 e. The number of rotatable bonds is 5. The molecule has 7 heteroatoms. The topological polar surface area (TPSA) is 43.6 Å². The highest BCUT2D eigenvalue weighted by atomic mass is 35.6. The van der Waals surface area contributed by atoms with Crippen molar-refractivity contribution in [2.24, 2.45) is 0 Å². The maximum Gasteiger partial charge on any atom is 0.289 e. The molecule has 15 heavy (non-hydrogen) atoms. The number of aromatic nitrogens is 4. The Morgan fingerprint density at radius 3 is 2.53 bits per heavy atom. The molecule has 0 fully saturated rings. The summed E-state index contributed by atoms with van der Waals surface area (Å²) in [7, 11) is 0. The number of tetrazole rings is 1. The van der Waals surface area contributed by atoms with Crippen LogP contribution in [0.4, 0.5) is 0 Å². The first kappa shape index (κ1) is 13.0. The minimum Gasteiger partial charge on any atom is -0.180 e. The summed E-state index contributed by atoms with van der Waals surface area (Å²) in [6.07, 6.45) is 5.28. The van der Waals surface area contributed by atoms with Crippen molar-refractivity contribution in [2.75, 3.05) is 0 Å². The molecule has 1 aromatic rings. The van der Waals surface area contributed by atoms with E-state index >= 15 is 0 Å². The van der Waals surface area contributed by atoms with Gasteiger partial charge < -0.3 is 0 Å². The van der Waals surface area contributed by atoms with Crippen LogP contribution < -0.4 is 0 Å². The second-order valence-corrected chi connectivity index (χ2v) is 5.51. The van der Waals surface area contributed by atoms with Gasteiger partial charge in [-0.25, -0.2) is 0 Å². The van der Waals surface area contributed by atoms with Crippen LogP contribution >= 0.6 is 34.8 Å². The monoisotopic (exact) mass is 270 g/mol. The van der Waals surface area contributed by atoms with Gasteiger partial charge in [-0.05, 0) is 16.8 Å². The molecule has 0 unspecified atom stereocenters. The SMILES string of the molecule is CCCCCCc1nnnn1C(Cl)(Cl)Cl. The normalized spacial score (nSPS) is 12.0. The van der Waals surface area contributed by atoms with Crippen molar-refractivity contribution in [3.63, 3.8) is 0 Å². The number of alkyl halides is 3. The van der Waals surface area contributed by atoms with Crippen molar-refractivity contribution in [1.29, 1.82) is 0 Å². The number of unbranched alkanes of at least 4 members (excludes halogenated alkanes) is 3. The van der Waals surface area contributed by atoms with Crippen molar-refractivity contribution < 1.29 is 0 Å². The molecular formula is C8H13Cl3N4. The molecule has 0 spiro atoms. The Labute approximate surface area is 104 Å². The summed E-state index contributed by atoms with van der Waals surface area (Å²) >= 11 is 17.1. The molecular weight excluding hydrogens is 258 g/mol. The van der Waals surface area contributed by atoms with Crippen molar-refractivity contribution in [2.45, 2.75) is 42.9 Å². The van der Waals surface area contributed by atoms with Crippen molar-refractivity contribution >= 4 is 34.8 Å². The number of halogens is 3. The van der Waals surface area contributed by atoms with Crippen LogP contribution in [0.15, 0.2) is 0 Å². The second-order valence-electron chi connectivity index (χ2n) is 3.29. The molecule has 0 saturated carbocycles. The van der Waals surface area contributed by atoms with Gasteiger partial charge in [0.15, 0.2) is 5.82 Å². The zero-order chi connectivity index (χ0) is 11.3. The Morgan fingerprint density at radius 2 is 1.93 bits per heavy atom. The summed E-state index contributed by atoms with van der Waals surface area (Å²) < 4.78 is -0.368. The van der Waals surface area contributed by atoms with Crippen LogP contribution in [-0.4, -0.2) is 20.2 Å². The summed E-state index contributed by atoms with van der Waals surface area (Å²) in [5.74, 6) is 0.617. The van der Waals surface area contributed by atoms with Crippen LogP contribution in [0, 0.1) is 0 Å². The molecule has 0 radical (unpaired) electrons. The number of nitrogens with zero attached hydrogens (tertiary/aromatic N) is 4. The van der Waals surface area contributed by atoms with Crippen molar-refractivity contribution in [3.05, 3.63) is 5.82 Å². The first-order chi connectivity index (χ1) is 7.05. The van der Waals surface area contributed by atoms with Crippen LogP contribution in [0.1, 0.15) is 38.4 Å². The Kier molecular flexibility index (Phi) is 5.09. The zero-order valence-electron chi connectivity index (χ0n) is 8.46. The Hall–Kier alpha value is -0.0600. The van der Waals surface area contributed by atoms with Gasteiger partial charge in [0.2, 0.25) is 0 Å². The van der Waals surface area contributed by atoms with Gasteiger partial charge in [0.1, 0.15) is 0 Å². The third-order valence-corrected chi connectivity index (χ3v) is 2.51. The van der Waals surface area contributed by atoms with E-state index in [1.807, 2.05) is 0 Å². The average Bonchev–Trinajstić information content (AvgIpc) is 2.59. The third-order valence-electron chi connectivity index (χ3n) is 2.03. The summed E-state index contributed by atoms with van der Waals surface area (Å²) in [5, 5.41) is 11.0. The van der Waals surface area contributed by atoms with E-state index in [1.165, 1.54) is 17.5 Å². The van der Waals surface area contributed by atoms with E-state index in [1.54, 1.807) is 0 Å². The molecule has 0 aliphatic carbocycles. The molecule has 86 valence electrons. The lowest BCUT2D eigenvalue weighted by molar-refractivity contribution is 0.581. The minimum absolute atomic E-state index is 0.617. The molecule has 4 nitrogen and oxygen atoms in total. The predicted molar refractivity (Wildman–Crippen MR) is 61.2 cm³/mol. The maximum absolute atomic E-state index is 5.70.